The maximum atomic E-state index is 12.4. The van der Waals surface area contributed by atoms with Gasteiger partial charge in [0.2, 0.25) is 11.8 Å². The number of carbonyl (C=O) groups excluding carboxylic acids is 1. The highest BCUT2D eigenvalue weighted by molar-refractivity contribution is 7.15. The standard InChI is InChI=1S/C21H18N4O3S/c1-13-4-2-3-5-16(13)19-23-21-25(24-19)15(11-29-21)8-9-22-20(26)14-6-7-17-18(10-14)28-12-27-17/h2-7,10-11H,8-9,12H2,1H3,(H,22,26). The molecular formula is C21H18N4O3S. The van der Waals surface area contributed by atoms with Gasteiger partial charge in [0.05, 0.1) is 5.69 Å². The van der Waals surface area contributed by atoms with Crippen molar-refractivity contribution in [3.8, 4) is 22.9 Å². The molecule has 4 aromatic rings. The SMILES string of the molecule is Cc1ccccc1-c1nc2scc(CCNC(=O)c3ccc4c(c3)OCO4)n2n1. The summed E-state index contributed by atoms with van der Waals surface area (Å²) >= 11 is 1.55. The summed E-state index contributed by atoms with van der Waals surface area (Å²) in [6.45, 7) is 2.74. The highest BCUT2D eigenvalue weighted by Gasteiger charge is 2.17. The summed E-state index contributed by atoms with van der Waals surface area (Å²) in [7, 11) is 0. The van der Waals surface area contributed by atoms with E-state index >= 15 is 0 Å². The number of nitrogens with zero attached hydrogens (tertiary/aromatic N) is 3. The van der Waals surface area contributed by atoms with Crippen molar-refractivity contribution >= 4 is 22.2 Å². The second kappa shape index (κ2) is 7.21. The van der Waals surface area contributed by atoms with Gasteiger partial charge in [-0.1, -0.05) is 24.3 Å². The van der Waals surface area contributed by atoms with Gasteiger partial charge in [0.25, 0.3) is 5.91 Å². The van der Waals surface area contributed by atoms with Gasteiger partial charge in [0, 0.05) is 29.5 Å². The number of nitrogens with one attached hydrogen (secondary N) is 1. The number of rotatable bonds is 5. The summed E-state index contributed by atoms with van der Waals surface area (Å²) in [6.07, 6.45) is 0.660. The Morgan fingerprint density at radius 1 is 1.21 bits per heavy atom. The largest absolute Gasteiger partial charge is 0.454 e. The molecule has 2 aromatic heterocycles. The minimum Gasteiger partial charge on any atom is -0.454 e. The van der Waals surface area contributed by atoms with Crippen molar-refractivity contribution in [2.45, 2.75) is 13.3 Å². The average Bonchev–Trinajstić information content (AvgIpc) is 3.44. The number of benzene rings is 2. The Balaban J connectivity index is 1.27. The van der Waals surface area contributed by atoms with Gasteiger partial charge in [0.1, 0.15) is 0 Å². The topological polar surface area (TPSA) is 77.8 Å². The van der Waals surface area contributed by atoms with Crippen LogP contribution in [0.15, 0.2) is 47.8 Å². The van der Waals surface area contributed by atoms with E-state index in [1.807, 2.05) is 28.1 Å². The molecule has 29 heavy (non-hydrogen) atoms. The highest BCUT2D eigenvalue weighted by Crippen LogP contribution is 2.32. The Morgan fingerprint density at radius 3 is 2.97 bits per heavy atom. The number of aromatic nitrogens is 3. The maximum Gasteiger partial charge on any atom is 0.251 e. The maximum absolute atomic E-state index is 12.4. The predicted octanol–water partition coefficient (Wildman–Crippen LogP) is 3.47. The number of hydrogen-bond donors (Lipinski definition) is 1. The molecule has 5 rings (SSSR count). The van der Waals surface area contributed by atoms with Crippen molar-refractivity contribution in [2.24, 2.45) is 0 Å². The molecule has 1 aliphatic heterocycles. The van der Waals surface area contributed by atoms with E-state index in [9.17, 15) is 4.79 Å². The Bertz CT molecular complexity index is 1210. The molecule has 8 heteroatoms. The molecule has 0 unspecified atom stereocenters. The van der Waals surface area contributed by atoms with E-state index in [1.165, 1.54) is 0 Å². The third-order valence-electron chi connectivity index (χ3n) is 4.84. The van der Waals surface area contributed by atoms with Crippen molar-refractivity contribution in [2.75, 3.05) is 13.3 Å². The van der Waals surface area contributed by atoms with E-state index in [2.05, 4.69) is 28.4 Å². The van der Waals surface area contributed by atoms with E-state index in [0.29, 0.717) is 30.0 Å². The van der Waals surface area contributed by atoms with Gasteiger partial charge in [0.15, 0.2) is 17.3 Å². The lowest BCUT2D eigenvalue weighted by atomic mass is 10.1. The van der Waals surface area contributed by atoms with E-state index in [4.69, 9.17) is 9.47 Å². The molecule has 1 amide bonds. The molecule has 0 fully saturated rings. The highest BCUT2D eigenvalue weighted by atomic mass is 32.1. The van der Waals surface area contributed by atoms with Gasteiger partial charge < -0.3 is 14.8 Å². The molecule has 0 saturated heterocycles. The first-order valence-corrected chi connectivity index (χ1v) is 10.1. The molecule has 0 aliphatic carbocycles. The first kappa shape index (κ1) is 17.7. The van der Waals surface area contributed by atoms with Gasteiger partial charge in [-0.3, -0.25) is 4.79 Å². The van der Waals surface area contributed by atoms with Crippen LogP contribution in [-0.2, 0) is 6.42 Å². The summed E-state index contributed by atoms with van der Waals surface area (Å²) in [5.74, 6) is 1.84. The van der Waals surface area contributed by atoms with Crippen LogP contribution in [0.1, 0.15) is 21.6 Å². The molecule has 1 aliphatic rings. The fraction of sp³-hybridized carbons (Fsp3) is 0.190. The minimum atomic E-state index is -0.144. The predicted molar refractivity (Wildman–Crippen MR) is 110 cm³/mol. The van der Waals surface area contributed by atoms with Crippen LogP contribution < -0.4 is 14.8 Å². The first-order valence-electron chi connectivity index (χ1n) is 9.26. The summed E-state index contributed by atoms with van der Waals surface area (Å²) in [5, 5.41) is 9.65. The van der Waals surface area contributed by atoms with E-state index in [0.717, 1.165) is 27.6 Å². The van der Waals surface area contributed by atoms with Crippen LogP contribution >= 0.6 is 11.3 Å². The number of amides is 1. The number of carbonyl (C=O) groups is 1. The molecule has 0 atom stereocenters. The lowest BCUT2D eigenvalue weighted by molar-refractivity contribution is 0.0953. The molecule has 0 saturated carbocycles. The van der Waals surface area contributed by atoms with Crippen LogP contribution in [0.25, 0.3) is 16.3 Å². The summed E-state index contributed by atoms with van der Waals surface area (Å²) in [5.41, 5.74) is 3.74. The molecule has 146 valence electrons. The second-order valence-corrected chi connectivity index (χ2v) is 7.58. The second-order valence-electron chi connectivity index (χ2n) is 6.75. The number of fused-ring (bicyclic) bond motifs is 2. The number of thiazole rings is 1. The smallest absolute Gasteiger partial charge is 0.251 e. The third-order valence-corrected chi connectivity index (χ3v) is 5.70. The normalized spacial score (nSPS) is 12.4. The Kier molecular flexibility index (Phi) is 4.40. The van der Waals surface area contributed by atoms with Crippen LogP contribution in [0.2, 0.25) is 0 Å². The van der Waals surface area contributed by atoms with Crippen LogP contribution in [0.5, 0.6) is 11.5 Å². The Hall–Kier alpha value is -3.39. The zero-order valence-corrected chi connectivity index (χ0v) is 16.5. The fourth-order valence-corrected chi connectivity index (χ4v) is 4.13. The van der Waals surface area contributed by atoms with Gasteiger partial charge in [-0.25, -0.2) is 4.52 Å². The van der Waals surface area contributed by atoms with Crippen molar-refractivity contribution < 1.29 is 14.3 Å². The van der Waals surface area contributed by atoms with E-state index in [-0.39, 0.29) is 12.7 Å². The molecule has 2 aromatic carbocycles. The molecule has 0 bridgehead atoms. The summed E-state index contributed by atoms with van der Waals surface area (Å²) in [6, 6.07) is 13.3. The average molecular weight is 406 g/mol. The van der Waals surface area contributed by atoms with Crippen molar-refractivity contribution in [1.29, 1.82) is 0 Å². The number of ether oxygens (including phenoxy) is 2. The quantitative estimate of drug-likeness (QED) is 0.549. The molecular weight excluding hydrogens is 388 g/mol. The molecule has 1 N–H and O–H groups in total. The van der Waals surface area contributed by atoms with E-state index in [1.54, 1.807) is 29.5 Å². The van der Waals surface area contributed by atoms with Gasteiger partial charge in [-0.05, 0) is 30.7 Å². The molecule has 3 heterocycles. The zero-order valence-electron chi connectivity index (χ0n) is 15.7. The van der Waals surface area contributed by atoms with Gasteiger partial charge in [-0.15, -0.1) is 16.4 Å². The zero-order chi connectivity index (χ0) is 19.8. The van der Waals surface area contributed by atoms with Crippen LogP contribution in [-0.4, -0.2) is 33.8 Å². The monoisotopic (exact) mass is 406 g/mol. The van der Waals surface area contributed by atoms with Crippen molar-refractivity contribution in [3.63, 3.8) is 0 Å². The Morgan fingerprint density at radius 2 is 2.07 bits per heavy atom. The van der Waals surface area contributed by atoms with Crippen molar-refractivity contribution in [3.05, 3.63) is 64.7 Å². The summed E-state index contributed by atoms with van der Waals surface area (Å²) in [4.78, 5) is 17.9. The molecule has 7 nitrogen and oxygen atoms in total. The van der Waals surface area contributed by atoms with Crippen LogP contribution in [0, 0.1) is 6.92 Å². The van der Waals surface area contributed by atoms with Crippen LogP contribution in [0.3, 0.4) is 0 Å². The van der Waals surface area contributed by atoms with Crippen LogP contribution in [0.4, 0.5) is 0 Å². The molecule has 0 radical (unpaired) electrons. The molecule has 0 spiro atoms. The minimum absolute atomic E-state index is 0.144. The summed E-state index contributed by atoms with van der Waals surface area (Å²) < 4.78 is 12.5. The fourth-order valence-electron chi connectivity index (χ4n) is 3.28. The van der Waals surface area contributed by atoms with Gasteiger partial charge >= 0.3 is 0 Å². The van der Waals surface area contributed by atoms with E-state index < -0.39 is 0 Å². The lowest BCUT2D eigenvalue weighted by Gasteiger charge is -2.05. The number of aryl methyl sites for hydroxylation is 1. The van der Waals surface area contributed by atoms with Gasteiger partial charge in [-0.2, -0.15) is 4.98 Å². The number of hydrogen-bond acceptors (Lipinski definition) is 6. The third kappa shape index (κ3) is 3.31. The first-order chi connectivity index (χ1) is 14.2. The Labute approximate surface area is 170 Å². The van der Waals surface area contributed by atoms with Crippen molar-refractivity contribution in [1.82, 2.24) is 19.9 Å². The lowest BCUT2D eigenvalue weighted by Crippen LogP contribution is -2.26.